The Hall–Kier alpha value is 0.276. The van der Waals surface area contributed by atoms with Crippen molar-refractivity contribution in [3.8, 4) is 0 Å². The van der Waals surface area contributed by atoms with E-state index in [1.165, 1.54) is 23.1 Å². The number of benzene rings is 1. The smallest absolute Gasteiger partial charge is 1.00 e. The van der Waals surface area contributed by atoms with E-state index in [9.17, 15) is 9.59 Å². The number of aliphatic carboxylic acids is 1. The van der Waals surface area contributed by atoms with Crippen LogP contribution in [0.25, 0.3) is 0 Å². The largest absolute Gasteiger partial charge is 1.00 e. The minimum atomic E-state index is -0.921. The zero-order valence-corrected chi connectivity index (χ0v) is 23.2. The number of morpholine rings is 1. The van der Waals surface area contributed by atoms with Crippen LogP contribution in [0.2, 0.25) is 10.0 Å². The second-order valence-corrected chi connectivity index (χ2v) is 9.64. The van der Waals surface area contributed by atoms with Gasteiger partial charge < -0.3 is 16.6 Å². The Kier molecular flexibility index (Phi) is 12.3. The first-order chi connectivity index (χ1) is 14.4. The summed E-state index contributed by atoms with van der Waals surface area (Å²) >= 11 is 14.7. The Balaban J connectivity index is 0.00000256. The molecule has 2 heterocycles. The number of carbonyl (C=O) groups excluding carboxylic acids is 1. The number of aromatic nitrogens is 1. The van der Waals surface area contributed by atoms with Crippen LogP contribution in [-0.4, -0.2) is 65.0 Å². The fourth-order valence-electron chi connectivity index (χ4n) is 2.94. The summed E-state index contributed by atoms with van der Waals surface area (Å²) in [4.78, 5) is 29.3. The van der Waals surface area contributed by atoms with E-state index in [0.29, 0.717) is 39.8 Å². The summed E-state index contributed by atoms with van der Waals surface area (Å²) in [5.41, 5.74) is 1.59. The van der Waals surface area contributed by atoms with Crippen molar-refractivity contribution in [2.75, 3.05) is 32.0 Å². The summed E-state index contributed by atoms with van der Waals surface area (Å²) in [5, 5.41) is 14.5. The van der Waals surface area contributed by atoms with Gasteiger partial charge in [0.15, 0.2) is 4.34 Å². The van der Waals surface area contributed by atoms with Crippen molar-refractivity contribution < 1.29 is 72.2 Å². The summed E-state index contributed by atoms with van der Waals surface area (Å²) in [6.07, 6.45) is -0.196. The van der Waals surface area contributed by atoms with Gasteiger partial charge in [0.2, 0.25) is 5.91 Å². The number of carboxylic acids is 1. The standard InChI is InChI=1S/C19H21Cl2N3O4S2.K.H/c20-15-2-1-12(5-16(15)21)8-24-3-4-28-14(9-24)7-22-17(25)11-30-19-23-13(10-29-19)6-18(26)27;;/h1-2,5,10,14H,3-4,6-9,11H2,(H,22,25)(H,26,27);;/q;+1;-1. The van der Waals surface area contributed by atoms with Gasteiger partial charge in [-0.3, -0.25) is 14.5 Å². The normalized spacial score (nSPS) is 16.5. The van der Waals surface area contributed by atoms with Crippen molar-refractivity contribution in [1.29, 1.82) is 0 Å². The monoisotopic (exact) mass is 529 g/mol. The molecule has 1 atom stereocenters. The number of carboxylic acid groups (broad SMARTS) is 1. The molecule has 1 aliphatic heterocycles. The number of amides is 1. The van der Waals surface area contributed by atoms with Crippen LogP contribution in [0.3, 0.4) is 0 Å². The molecule has 3 rings (SSSR count). The number of thiazole rings is 1. The Morgan fingerprint density at radius 1 is 1.39 bits per heavy atom. The average molecular weight is 531 g/mol. The Morgan fingerprint density at radius 3 is 2.94 bits per heavy atom. The molecule has 1 aromatic heterocycles. The predicted molar refractivity (Wildman–Crippen MR) is 120 cm³/mol. The average Bonchev–Trinajstić information content (AvgIpc) is 3.14. The van der Waals surface area contributed by atoms with Crippen LogP contribution in [0.4, 0.5) is 0 Å². The maximum absolute atomic E-state index is 12.1. The summed E-state index contributed by atoms with van der Waals surface area (Å²) in [5.74, 6) is -0.810. The zero-order valence-electron chi connectivity index (χ0n) is 18.0. The minimum absolute atomic E-state index is 0. The molecule has 1 fully saturated rings. The number of carbonyl (C=O) groups is 2. The van der Waals surface area contributed by atoms with E-state index in [4.69, 9.17) is 33.0 Å². The molecule has 1 unspecified atom stereocenters. The summed E-state index contributed by atoms with van der Waals surface area (Å²) in [7, 11) is 0. The fourth-order valence-corrected chi connectivity index (χ4v) is 4.94. The molecular weight excluding hydrogens is 508 g/mol. The van der Waals surface area contributed by atoms with Crippen LogP contribution in [0, 0.1) is 0 Å². The SMILES string of the molecule is O=C(O)Cc1csc(SCC(=O)NCC2CN(Cc3ccc(Cl)c(Cl)c3)CCO2)n1.[H-].[K+]. The van der Waals surface area contributed by atoms with E-state index in [1.54, 1.807) is 11.4 Å². The molecule has 0 spiro atoms. The van der Waals surface area contributed by atoms with E-state index in [-0.39, 0.29) is 77.0 Å². The molecule has 1 aliphatic rings. The molecule has 0 aliphatic carbocycles. The van der Waals surface area contributed by atoms with Crippen molar-refractivity contribution in [1.82, 2.24) is 15.2 Å². The molecule has 2 N–H and O–H groups in total. The maximum Gasteiger partial charge on any atom is 1.00 e. The first-order valence-electron chi connectivity index (χ1n) is 9.22. The third kappa shape index (κ3) is 9.58. The number of hydrogen-bond acceptors (Lipinski definition) is 7. The quantitative estimate of drug-likeness (QED) is 0.356. The molecule has 0 bridgehead atoms. The molecular formula is C19H22Cl2KN3O4S2. The van der Waals surface area contributed by atoms with E-state index in [1.807, 2.05) is 12.1 Å². The van der Waals surface area contributed by atoms with Crippen molar-refractivity contribution in [2.45, 2.75) is 23.4 Å². The Morgan fingerprint density at radius 2 is 2.19 bits per heavy atom. The first kappa shape index (κ1) is 27.5. The number of nitrogens with zero attached hydrogens (tertiary/aromatic N) is 2. The molecule has 164 valence electrons. The van der Waals surface area contributed by atoms with E-state index < -0.39 is 5.97 Å². The number of ether oxygens (including phenoxy) is 1. The summed E-state index contributed by atoms with van der Waals surface area (Å²) in [6, 6.07) is 5.62. The van der Waals surface area contributed by atoms with Crippen LogP contribution in [0.15, 0.2) is 27.9 Å². The predicted octanol–water partition coefficient (Wildman–Crippen LogP) is 0.303. The molecule has 1 saturated heterocycles. The number of hydrogen-bond donors (Lipinski definition) is 2. The van der Waals surface area contributed by atoms with Gasteiger partial charge in [-0.1, -0.05) is 41.0 Å². The van der Waals surface area contributed by atoms with Gasteiger partial charge in [0.1, 0.15) is 0 Å². The molecule has 31 heavy (non-hydrogen) atoms. The zero-order chi connectivity index (χ0) is 21.5. The molecule has 7 nitrogen and oxygen atoms in total. The van der Waals surface area contributed by atoms with Crippen LogP contribution in [0.1, 0.15) is 12.7 Å². The van der Waals surface area contributed by atoms with Gasteiger partial charge in [-0.15, -0.1) is 11.3 Å². The van der Waals surface area contributed by atoms with Crippen LogP contribution < -0.4 is 56.7 Å². The number of halogens is 2. The summed E-state index contributed by atoms with van der Waals surface area (Å²) < 4.78 is 6.45. The van der Waals surface area contributed by atoms with Gasteiger partial charge in [0.25, 0.3) is 0 Å². The maximum atomic E-state index is 12.1. The Bertz CT molecular complexity index is 909. The van der Waals surface area contributed by atoms with Crippen LogP contribution >= 0.6 is 46.3 Å². The fraction of sp³-hybridized carbons (Fsp3) is 0.421. The second kappa shape index (κ2) is 13.9. The van der Waals surface area contributed by atoms with Gasteiger partial charge in [-0.25, -0.2) is 4.98 Å². The molecule has 0 radical (unpaired) electrons. The summed E-state index contributed by atoms with van der Waals surface area (Å²) in [6.45, 7) is 3.28. The van der Waals surface area contributed by atoms with Gasteiger partial charge in [-0.2, -0.15) is 0 Å². The third-order valence-corrected chi connectivity index (χ3v) is 7.14. The van der Waals surface area contributed by atoms with Gasteiger partial charge >= 0.3 is 57.4 Å². The topological polar surface area (TPSA) is 91.8 Å². The van der Waals surface area contributed by atoms with Crippen molar-refractivity contribution in [3.05, 3.63) is 44.9 Å². The van der Waals surface area contributed by atoms with Crippen molar-refractivity contribution >= 4 is 58.2 Å². The molecule has 1 amide bonds. The van der Waals surface area contributed by atoms with E-state index in [2.05, 4.69) is 15.2 Å². The van der Waals surface area contributed by atoms with E-state index >= 15 is 0 Å². The number of thioether (sulfide) groups is 1. The minimum Gasteiger partial charge on any atom is -1.00 e. The molecule has 2 aromatic rings. The van der Waals surface area contributed by atoms with Crippen molar-refractivity contribution in [2.24, 2.45) is 0 Å². The van der Waals surface area contributed by atoms with Crippen LogP contribution in [0.5, 0.6) is 0 Å². The molecule has 12 heteroatoms. The number of rotatable bonds is 9. The number of nitrogens with one attached hydrogen (secondary N) is 1. The van der Waals surface area contributed by atoms with Crippen LogP contribution in [-0.2, 0) is 27.3 Å². The molecule has 0 saturated carbocycles. The second-order valence-electron chi connectivity index (χ2n) is 6.74. The first-order valence-corrected chi connectivity index (χ1v) is 11.8. The van der Waals surface area contributed by atoms with Gasteiger partial charge in [-0.05, 0) is 17.7 Å². The van der Waals surface area contributed by atoms with Gasteiger partial charge in [0.05, 0.1) is 40.6 Å². The molecule has 1 aromatic carbocycles. The van der Waals surface area contributed by atoms with Crippen molar-refractivity contribution in [3.63, 3.8) is 0 Å². The van der Waals surface area contributed by atoms with E-state index in [0.717, 1.165) is 18.7 Å². The Labute approximate surface area is 243 Å². The third-order valence-electron chi connectivity index (χ3n) is 4.33. The van der Waals surface area contributed by atoms with Gasteiger partial charge in [0, 0.05) is 31.6 Å².